The Kier molecular flexibility index (Phi) is 4.88. The summed E-state index contributed by atoms with van der Waals surface area (Å²) >= 11 is 0. The van der Waals surface area contributed by atoms with Crippen LogP contribution < -0.4 is 0 Å². The van der Waals surface area contributed by atoms with Gasteiger partial charge in [-0.25, -0.2) is 0 Å². The molecule has 0 saturated carbocycles. The van der Waals surface area contributed by atoms with Gasteiger partial charge in [-0.3, -0.25) is 14.4 Å². The molecular formula is C12H19NO6. The third kappa shape index (κ3) is 3.66. The van der Waals surface area contributed by atoms with Crippen LogP contribution in [0.4, 0.5) is 0 Å². The molecule has 1 aliphatic rings. The molecule has 2 N–H and O–H groups in total. The second kappa shape index (κ2) is 6.01. The summed E-state index contributed by atoms with van der Waals surface area (Å²) in [6.07, 6.45) is -0.456. The topological polar surface area (TPSA) is 104 Å². The summed E-state index contributed by atoms with van der Waals surface area (Å²) < 4.78 is 5.52. The summed E-state index contributed by atoms with van der Waals surface area (Å²) in [5.74, 6) is -3.53. The van der Waals surface area contributed by atoms with E-state index in [2.05, 4.69) is 0 Å². The molecule has 0 aromatic carbocycles. The average molecular weight is 273 g/mol. The highest BCUT2D eigenvalue weighted by atomic mass is 16.5. The minimum atomic E-state index is -1.23. The van der Waals surface area contributed by atoms with E-state index in [9.17, 15) is 14.4 Å². The van der Waals surface area contributed by atoms with Gasteiger partial charge in [-0.1, -0.05) is 6.92 Å². The van der Waals surface area contributed by atoms with Gasteiger partial charge in [-0.15, -0.1) is 0 Å². The molecule has 7 heteroatoms. The van der Waals surface area contributed by atoms with Crippen LogP contribution in [0.25, 0.3) is 0 Å². The van der Waals surface area contributed by atoms with Gasteiger partial charge in [0, 0.05) is 0 Å². The molecule has 108 valence electrons. The van der Waals surface area contributed by atoms with Crippen molar-refractivity contribution in [3.63, 3.8) is 0 Å². The van der Waals surface area contributed by atoms with Crippen molar-refractivity contribution in [3.8, 4) is 0 Å². The molecule has 7 nitrogen and oxygen atoms in total. The summed E-state index contributed by atoms with van der Waals surface area (Å²) in [7, 11) is 0. The molecule has 0 aromatic heterocycles. The van der Waals surface area contributed by atoms with Crippen molar-refractivity contribution in [2.45, 2.75) is 33.0 Å². The minimum Gasteiger partial charge on any atom is -0.480 e. The van der Waals surface area contributed by atoms with Crippen LogP contribution in [0.15, 0.2) is 0 Å². The summed E-state index contributed by atoms with van der Waals surface area (Å²) in [5.41, 5.74) is 0. The SMILES string of the molecule is CC1OC(C)C(C(=O)N(CC(=O)O)CC(=O)O)C1C. The largest absolute Gasteiger partial charge is 0.480 e. The number of carboxylic acids is 2. The third-order valence-corrected chi connectivity index (χ3v) is 3.49. The van der Waals surface area contributed by atoms with Crippen LogP contribution in [0.5, 0.6) is 0 Å². The number of rotatable bonds is 5. The number of hydrogen-bond donors (Lipinski definition) is 2. The van der Waals surface area contributed by atoms with Crippen LogP contribution in [-0.4, -0.2) is 58.3 Å². The molecule has 1 heterocycles. The quantitative estimate of drug-likeness (QED) is 0.733. The second-order valence-electron chi connectivity index (χ2n) is 4.91. The van der Waals surface area contributed by atoms with Gasteiger partial charge in [-0.2, -0.15) is 0 Å². The average Bonchev–Trinajstić information content (AvgIpc) is 2.50. The first-order valence-corrected chi connectivity index (χ1v) is 6.11. The van der Waals surface area contributed by atoms with Crippen molar-refractivity contribution in [1.29, 1.82) is 0 Å². The molecule has 0 bridgehead atoms. The van der Waals surface area contributed by atoms with E-state index in [1.165, 1.54) is 0 Å². The molecule has 0 aromatic rings. The molecule has 1 aliphatic heterocycles. The molecule has 0 spiro atoms. The molecule has 4 atom stereocenters. The molecule has 0 radical (unpaired) electrons. The van der Waals surface area contributed by atoms with Crippen LogP contribution in [0.3, 0.4) is 0 Å². The van der Waals surface area contributed by atoms with Gasteiger partial charge >= 0.3 is 11.9 Å². The number of carboxylic acid groups (broad SMARTS) is 2. The number of aliphatic carboxylic acids is 2. The van der Waals surface area contributed by atoms with Gasteiger partial charge in [0.2, 0.25) is 5.91 Å². The van der Waals surface area contributed by atoms with Gasteiger partial charge in [0.25, 0.3) is 0 Å². The first-order valence-electron chi connectivity index (χ1n) is 6.11. The van der Waals surface area contributed by atoms with E-state index in [0.29, 0.717) is 0 Å². The van der Waals surface area contributed by atoms with E-state index in [1.807, 2.05) is 13.8 Å². The van der Waals surface area contributed by atoms with E-state index >= 15 is 0 Å². The van der Waals surface area contributed by atoms with Crippen molar-refractivity contribution in [1.82, 2.24) is 4.90 Å². The van der Waals surface area contributed by atoms with Crippen LogP contribution in [-0.2, 0) is 19.1 Å². The Labute approximate surface area is 111 Å². The lowest BCUT2D eigenvalue weighted by Crippen LogP contribution is -2.45. The van der Waals surface area contributed by atoms with Crippen LogP contribution >= 0.6 is 0 Å². The van der Waals surface area contributed by atoms with E-state index in [4.69, 9.17) is 14.9 Å². The molecule has 1 fully saturated rings. The minimum absolute atomic E-state index is 0.0763. The standard InChI is InChI=1S/C12H19NO6/c1-6-7(2)19-8(3)11(6)12(18)13(4-9(14)15)5-10(16)17/h6-8,11H,4-5H2,1-3H3,(H,14,15)(H,16,17). The van der Waals surface area contributed by atoms with Crippen LogP contribution in [0.1, 0.15) is 20.8 Å². The maximum Gasteiger partial charge on any atom is 0.323 e. The number of nitrogens with zero attached hydrogens (tertiary/aromatic N) is 1. The lowest BCUT2D eigenvalue weighted by Gasteiger charge is -2.25. The maximum absolute atomic E-state index is 12.3. The van der Waals surface area contributed by atoms with E-state index in [-0.39, 0.29) is 18.1 Å². The van der Waals surface area contributed by atoms with Gasteiger partial charge in [0.15, 0.2) is 0 Å². The summed E-state index contributed by atoms with van der Waals surface area (Å²) in [4.78, 5) is 34.6. The number of hydrogen-bond acceptors (Lipinski definition) is 4. The lowest BCUT2D eigenvalue weighted by atomic mass is 9.88. The van der Waals surface area contributed by atoms with E-state index < -0.39 is 36.9 Å². The number of carbonyl (C=O) groups excluding carboxylic acids is 1. The van der Waals surface area contributed by atoms with E-state index in [0.717, 1.165) is 4.90 Å². The lowest BCUT2D eigenvalue weighted by molar-refractivity contribution is -0.152. The van der Waals surface area contributed by atoms with Gasteiger partial charge < -0.3 is 19.8 Å². The van der Waals surface area contributed by atoms with Crippen molar-refractivity contribution in [2.75, 3.05) is 13.1 Å². The van der Waals surface area contributed by atoms with Crippen molar-refractivity contribution in [3.05, 3.63) is 0 Å². The van der Waals surface area contributed by atoms with Crippen molar-refractivity contribution < 1.29 is 29.3 Å². The number of amides is 1. The first kappa shape index (κ1) is 15.4. The Hall–Kier alpha value is -1.63. The van der Waals surface area contributed by atoms with Gasteiger partial charge in [0.1, 0.15) is 13.1 Å². The van der Waals surface area contributed by atoms with E-state index in [1.54, 1.807) is 6.92 Å². The predicted molar refractivity (Wildman–Crippen MR) is 64.5 cm³/mol. The summed E-state index contributed by atoms with van der Waals surface area (Å²) in [6, 6.07) is 0. The normalized spacial score (nSPS) is 30.1. The molecular weight excluding hydrogens is 254 g/mol. The molecule has 4 unspecified atom stereocenters. The van der Waals surface area contributed by atoms with Gasteiger partial charge in [0.05, 0.1) is 18.1 Å². The summed E-state index contributed by atoms with van der Waals surface area (Å²) in [5, 5.41) is 17.5. The molecule has 1 amide bonds. The number of carbonyl (C=O) groups is 3. The molecule has 1 rings (SSSR count). The van der Waals surface area contributed by atoms with Crippen molar-refractivity contribution in [2.24, 2.45) is 11.8 Å². The Morgan fingerprint density at radius 1 is 1.00 bits per heavy atom. The molecule has 1 saturated heterocycles. The predicted octanol–water partition coefficient (Wildman–Crippen LogP) is 0.0437. The fraction of sp³-hybridized carbons (Fsp3) is 0.750. The first-order chi connectivity index (χ1) is 8.73. The van der Waals surface area contributed by atoms with Crippen molar-refractivity contribution >= 4 is 17.8 Å². The fourth-order valence-electron chi connectivity index (χ4n) is 2.44. The highest BCUT2D eigenvalue weighted by molar-refractivity contribution is 5.87. The fourth-order valence-corrected chi connectivity index (χ4v) is 2.44. The Morgan fingerprint density at radius 3 is 1.79 bits per heavy atom. The monoisotopic (exact) mass is 273 g/mol. The maximum atomic E-state index is 12.3. The van der Waals surface area contributed by atoms with Crippen LogP contribution in [0, 0.1) is 11.8 Å². The highest BCUT2D eigenvalue weighted by Gasteiger charge is 2.43. The molecule has 0 aliphatic carbocycles. The Balaban J connectivity index is 2.86. The third-order valence-electron chi connectivity index (χ3n) is 3.49. The zero-order chi connectivity index (χ0) is 14.7. The second-order valence-corrected chi connectivity index (χ2v) is 4.91. The molecule has 19 heavy (non-hydrogen) atoms. The van der Waals surface area contributed by atoms with Crippen LogP contribution in [0.2, 0.25) is 0 Å². The van der Waals surface area contributed by atoms with Gasteiger partial charge in [-0.05, 0) is 19.8 Å². The smallest absolute Gasteiger partial charge is 0.323 e. The zero-order valence-corrected chi connectivity index (χ0v) is 11.2. The summed E-state index contributed by atoms with van der Waals surface area (Å²) in [6.45, 7) is 4.19. The Morgan fingerprint density at radius 2 is 1.47 bits per heavy atom. The number of ether oxygens (including phenoxy) is 1. The zero-order valence-electron chi connectivity index (χ0n) is 11.2. The Bertz CT molecular complexity index is 366. The highest BCUT2D eigenvalue weighted by Crippen LogP contribution is 2.33.